The standard InChI is InChI=1S/C24H26F2N6/c25-19-9-5-17(6-10-19)21-15-29-23(31-21)27-13-3-1-2-4-14-28-24-30-16-22(32-24)18-7-11-20(26)12-8-18/h5-12,15-16H,1-4,13-14H2,(H2,27,29,31)(H2,28,30,32). The highest BCUT2D eigenvalue weighted by Crippen LogP contribution is 2.20. The minimum atomic E-state index is -0.249. The van der Waals surface area contributed by atoms with Crippen LogP contribution in [0.15, 0.2) is 60.9 Å². The average molecular weight is 437 g/mol. The van der Waals surface area contributed by atoms with Gasteiger partial charge in [0.15, 0.2) is 0 Å². The van der Waals surface area contributed by atoms with Crippen molar-refractivity contribution in [2.24, 2.45) is 0 Å². The smallest absolute Gasteiger partial charge is 0.200 e. The van der Waals surface area contributed by atoms with Crippen molar-refractivity contribution in [3.8, 4) is 22.5 Å². The molecule has 8 heteroatoms. The molecule has 0 radical (unpaired) electrons. The first-order chi connectivity index (χ1) is 15.7. The zero-order valence-electron chi connectivity index (χ0n) is 17.7. The number of aromatic amines is 2. The van der Waals surface area contributed by atoms with Crippen LogP contribution in [-0.4, -0.2) is 33.0 Å². The van der Waals surface area contributed by atoms with Crippen molar-refractivity contribution in [3.63, 3.8) is 0 Å². The van der Waals surface area contributed by atoms with E-state index in [0.29, 0.717) is 0 Å². The lowest BCUT2D eigenvalue weighted by Gasteiger charge is -2.05. The SMILES string of the molecule is Fc1ccc(-c2cnc(NCCCCCCNc3ncc(-c4ccc(F)cc4)[nH]3)[nH]2)cc1. The van der Waals surface area contributed by atoms with Gasteiger partial charge in [-0.3, -0.25) is 0 Å². The Hall–Kier alpha value is -3.68. The van der Waals surface area contributed by atoms with Gasteiger partial charge in [-0.25, -0.2) is 18.7 Å². The molecule has 0 amide bonds. The molecule has 4 rings (SSSR count). The van der Waals surface area contributed by atoms with Crippen molar-refractivity contribution < 1.29 is 8.78 Å². The summed E-state index contributed by atoms with van der Waals surface area (Å²) in [6.45, 7) is 1.67. The number of aromatic nitrogens is 4. The van der Waals surface area contributed by atoms with E-state index in [-0.39, 0.29) is 11.6 Å². The monoisotopic (exact) mass is 436 g/mol. The number of nitrogens with one attached hydrogen (secondary N) is 4. The third kappa shape index (κ3) is 5.94. The maximum absolute atomic E-state index is 13.0. The molecule has 0 spiro atoms. The Morgan fingerprint density at radius 2 is 1.00 bits per heavy atom. The van der Waals surface area contributed by atoms with Crippen LogP contribution in [-0.2, 0) is 0 Å². The van der Waals surface area contributed by atoms with Gasteiger partial charge >= 0.3 is 0 Å². The second-order valence-electron chi connectivity index (χ2n) is 7.57. The van der Waals surface area contributed by atoms with Gasteiger partial charge in [-0.1, -0.05) is 12.8 Å². The van der Waals surface area contributed by atoms with Crippen molar-refractivity contribution in [2.75, 3.05) is 23.7 Å². The second-order valence-corrected chi connectivity index (χ2v) is 7.57. The van der Waals surface area contributed by atoms with Crippen LogP contribution in [0.5, 0.6) is 0 Å². The van der Waals surface area contributed by atoms with Crippen LogP contribution in [0, 0.1) is 11.6 Å². The maximum atomic E-state index is 13.0. The summed E-state index contributed by atoms with van der Waals surface area (Å²) in [6, 6.07) is 12.7. The molecule has 0 aliphatic carbocycles. The summed E-state index contributed by atoms with van der Waals surface area (Å²) in [5.41, 5.74) is 3.53. The molecule has 2 aromatic heterocycles. The predicted molar refractivity (Wildman–Crippen MR) is 123 cm³/mol. The normalized spacial score (nSPS) is 10.9. The molecule has 6 nitrogen and oxygen atoms in total. The number of nitrogens with zero attached hydrogens (tertiary/aromatic N) is 2. The van der Waals surface area contributed by atoms with Crippen molar-refractivity contribution >= 4 is 11.9 Å². The van der Waals surface area contributed by atoms with Gasteiger partial charge in [-0.2, -0.15) is 0 Å². The highest BCUT2D eigenvalue weighted by molar-refractivity contribution is 5.61. The molecule has 0 aliphatic heterocycles. The van der Waals surface area contributed by atoms with E-state index < -0.39 is 0 Å². The first-order valence-electron chi connectivity index (χ1n) is 10.8. The number of imidazole rings is 2. The topological polar surface area (TPSA) is 81.4 Å². The van der Waals surface area contributed by atoms with E-state index in [9.17, 15) is 8.78 Å². The Balaban J connectivity index is 1.09. The Bertz CT molecular complexity index is 1010. The van der Waals surface area contributed by atoms with Crippen molar-refractivity contribution in [2.45, 2.75) is 25.7 Å². The first-order valence-corrected chi connectivity index (χ1v) is 10.8. The number of halogens is 2. The minimum Gasteiger partial charge on any atom is -0.356 e. The van der Waals surface area contributed by atoms with Crippen LogP contribution in [0.2, 0.25) is 0 Å². The number of H-pyrrole nitrogens is 2. The molecule has 0 saturated carbocycles. The number of hydrogen-bond acceptors (Lipinski definition) is 4. The first kappa shape index (κ1) is 21.5. The summed E-state index contributed by atoms with van der Waals surface area (Å²) >= 11 is 0. The van der Waals surface area contributed by atoms with E-state index in [1.807, 2.05) is 0 Å². The van der Waals surface area contributed by atoms with Crippen molar-refractivity contribution in [1.82, 2.24) is 19.9 Å². The molecule has 0 atom stereocenters. The molecule has 4 aromatic rings. The van der Waals surface area contributed by atoms with Crippen LogP contribution in [0.4, 0.5) is 20.7 Å². The van der Waals surface area contributed by atoms with Gasteiger partial charge in [0.25, 0.3) is 0 Å². The van der Waals surface area contributed by atoms with Crippen LogP contribution in [0.25, 0.3) is 22.5 Å². The van der Waals surface area contributed by atoms with Gasteiger partial charge < -0.3 is 20.6 Å². The van der Waals surface area contributed by atoms with Crippen LogP contribution >= 0.6 is 0 Å². The fourth-order valence-electron chi connectivity index (χ4n) is 3.39. The maximum Gasteiger partial charge on any atom is 0.200 e. The molecule has 32 heavy (non-hydrogen) atoms. The van der Waals surface area contributed by atoms with E-state index in [4.69, 9.17) is 0 Å². The quantitative estimate of drug-likeness (QED) is 0.223. The van der Waals surface area contributed by atoms with E-state index in [1.54, 1.807) is 36.7 Å². The molecular weight excluding hydrogens is 410 g/mol. The zero-order chi connectivity index (χ0) is 22.2. The number of benzene rings is 2. The second kappa shape index (κ2) is 10.6. The molecule has 2 aromatic carbocycles. The van der Waals surface area contributed by atoms with E-state index >= 15 is 0 Å². The molecule has 0 saturated heterocycles. The van der Waals surface area contributed by atoms with E-state index in [1.165, 1.54) is 24.3 Å². The Labute approximate surface area is 185 Å². The predicted octanol–water partition coefficient (Wildman–Crippen LogP) is 5.83. The summed E-state index contributed by atoms with van der Waals surface area (Å²) in [5, 5.41) is 6.58. The molecule has 0 aliphatic rings. The number of rotatable bonds is 11. The zero-order valence-corrected chi connectivity index (χ0v) is 17.7. The summed E-state index contributed by atoms with van der Waals surface area (Å²) in [5.74, 6) is 0.947. The number of hydrogen-bond donors (Lipinski definition) is 4. The average Bonchev–Trinajstić information content (AvgIpc) is 3.47. The molecule has 0 fully saturated rings. The summed E-state index contributed by atoms with van der Waals surface area (Å²) in [6.07, 6.45) is 7.80. The Kier molecular flexibility index (Phi) is 7.12. The van der Waals surface area contributed by atoms with Gasteiger partial charge in [0.2, 0.25) is 11.9 Å². The minimum absolute atomic E-state index is 0.249. The van der Waals surface area contributed by atoms with Crippen molar-refractivity contribution in [1.29, 1.82) is 0 Å². The summed E-state index contributed by atoms with van der Waals surface area (Å²) in [7, 11) is 0. The van der Waals surface area contributed by atoms with Gasteiger partial charge in [-0.15, -0.1) is 0 Å². The third-order valence-electron chi connectivity index (χ3n) is 5.15. The van der Waals surface area contributed by atoms with Gasteiger partial charge in [0.05, 0.1) is 23.8 Å². The lowest BCUT2D eigenvalue weighted by Crippen LogP contribution is -2.05. The van der Waals surface area contributed by atoms with Crippen LogP contribution in [0.3, 0.4) is 0 Å². The van der Waals surface area contributed by atoms with Gasteiger partial charge in [0, 0.05) is 13.1 Å². The Morgan fingerprint density at radius 1 is 0.594 bits per heavy atom. The van der Waals surface area contributed by atoms with Crippen LogP contribution in [0.1, 0.15) is 25.7 Å². The number of anilines is 2. The molecule has 166 valence electrons. The molecule has 2 heterocycles. The summed E-state index contributed by atoms with van der Waals surface area (Å²) in [4.78, 5) is 15.1. The highest BCUT2D eigenvalue weighted by atomic mass is 19.1. The highest BCUT2D eigenvalue weighted by Gasteiger charge is 2.04. The van der Waals surface area contributed by atoms with Gasteiger partial charge in [-0.05, 0) is 72.5 Å². The molecular formula is C24H26F2N6. The van der Waals surface area contributed by atoms with E-state index in [0.717, 1.165) is 73.2 Å². The lowest BCUT2D eigenvalue weighted by molar-refractivity contribution is 0.627. The fraction of sp³-hybridized carbons (Fsp3) is 0.250. The number of unbranched alkanes of at least 4 members (excludes halogenated alkanes) is 3. The molecule has 0 bridgehead atoms. The van der Waals surface area contributed by atoms with Gasteiger partial charge in [0.1, 0.15) is 11.6 Å². The van der Waals surface area contributed by atoms with E-state index in [2.05, 4.69) is 30.6 Å². The van der Waals surface area contributed by atoms with Crippen LogP contribution < -0.4 is 10.6 Å². The largest absolute Gasteiger partial charge is 0.356 e. The summed E-state index contributed by atoms with van der Waals surface area (Å²) < 4.78 is 26.1. The Morgan fingerprint density at radius 3 is 1.41 bits per heavy atom. The lowest BCUT2D eigenvalue weighted by atomic mass is 10.2. The fourth-order valence-corrected chi connectivity index (χ4v) is 3.39. The van der Waals surface area contributed by atoms with Crippen molar-refractivity contribution in [3.05, 3.63) is 72.6 Å². The molecule has 4 N–H and O–H groups in total. The molecule has 0 unspecified atom stereocenters. The third-order valence-corrected chi connectivity index (χ3v) is 5.15.